The minimum atomic E-state index is -0.177. The first-order chi connectivity index (χ1) is 15.4. The molecule has 0 unspecified atom stereocenters. The summed E-state index contributed by atoms with van der Waals surface area (Å²) in [6.07, 6.45) is 0. The standard InChI is InChI=1S/C23H17BrClN3O2S2/c1-13-2-7-16(25)10-19(13)27-21(29)12-31-23-28-18-9-8-17(11-20(18)32-23)26-22(30)14-3-5-15(24)6-4-14/h2-11H,12H2,1H3,(H,26,30)(H,27,29). The molecule has 0 saturated heterocycles. The summed E-state index contributed by atoms with van der Waals surface area (Å²) in [5.74, 6) is -0.0649. The molecule has 3 aromatic carbocycles. The fourth-order valence-corrected chi connectivity index (χ4v) is 5.23. The number of thioether (sulfide) groups is 1. The lowest BCUT2D eigenvalue weighted by molar-refractivity contribution is -0.113. The highest BCUT2D eigenvalue weighted by atomic mass is 79.9. The van der Waals surface area contributed by atoms with Crippen LogP contribution in [0.15, 0.2) is 69.5 Å². The van der Waals surface area contributed by atoms with Gasteiger partial charge in [-0.15, -0.1) is 11.3 Å². The number of halogens is 2. The number of nitrogens with one attached hydrogen (secondary N) is 2. The van der Waals surface area contributed by atoms with Crippen LogP contribution >= 0.6 is 50.6 Å². The van der Waals surface area contributed by atoms with Crippen LogP contribution in [0, 0.1) is 6.92 Å². The zero-order valence-electron chi connectivity index (χ0n) is 16.8. The Kier molecular flexibility index (Phi) is 7.15. The van der Waals surface area contributed by atoms with Crippen LogP contribution in [0.4, 0.5) is 11.4 Å². The topological polar surface area (TPSA) is 71.1 Å². The smallest absolute Gasteiger partial charge is 0.255 e. The number of anilines is 2. The molecule has 0 fully saturated rings. The molecule has 0 aliphatic carbocycles. The number of hydrogen-bond acceptors (Lipinski definition) is 5. The van der Waals surface area contributed by atoms with Crippen LogP contribution in [0.5, 0.6) is 0 Å². The molecular weight excluding hydrogens is 530 g/mol. The zero-order chi connectivity index (χ0) is 22.7. The molecule has 0 aliphatic rings. The van der Waals surface area contributed by atoms with Crippen LogP contribution in [0.2, 0.25) is 5.02 Å². The summed E-state index contributed by atoms with van der Waals surface area (Å²) in [5.41, 5.74) is 3.75. The summed E-state index contributed by atoms with van der Waals surface area (Å²) < 4.78 is 2.64. The lowest BCUT2D eigenvalue weighted by Gasteiger charge is -2.08. The van der Waals surface area contributed by atoms with E-state index in [2.05, 4.69) is 31.5 Å². The van der Waals surface area contributed by atoms with Crippen molar-refractivity contribution in [3.8, 4) is 0 Å². The Morgan fingerprint density at radius 3 is 2.62 bits per heavy atom. The second kappa shape index (κ2) is 10.0. The van der Waals surface area contributed by atoms with Gasteiger partial charge in [-0.1, -0.05) is 45.4 Å². The molecule has 9 heteroatoms. The number of aryl methyl sites for hydroxylation is 1. The maximum absolute atomic E-state index is 12.4. The Hall–Kier alpha value is -2.39. The van der Waals surface area contributed by atoms with E-state index in [1.807, 2.05) is 43.3 Å². The molecule has 5 nitrogen and oxygen atoms in total. The van der Waals surface area contributed by atoms with Crippen molar-refractivity contribution in [3.05, 3.63) is 81.3 Å². The fourth-order valence-electron chi connectivity index (χ4n) is 2.89. The molecule has 4 rings (SSSR count). The van der Waals surface area contributed by atoms with Gasteiger partial charge in [-0.3, -0.25) is 9.59 Å². The maximum atomic E-state index is 12.4. The lowest BCUT2D eigenvalue weighted by Crippen LogP contribution is -2.14. The van der Waals surface area contributed by atoms with Gasteiger partial charge < -0.3 is 10.6 Å². The molecule has 0 saturated carbocycles. The highest BCUT2D eigenvalue weighted by Crippen LogP contribution is 2.31. The van der Waals surface area contributed by atoms with E-state index in [9.17, 15) is 9.59 Å². The molecule has 162 valence electrons. The summed E-state index contributed by atoms with van der Waals surface area (Å²) in [6.45, 7) is 1.92. The van der Waals surface area contributed by atoms with Crippen LogP contribution in [0.3, 0.4) is 0 Å². The molecular formula is C23H17BrClN3O2S2. The summed E-state index contributed by atoms with van der Waals surface area (Å²) in [6, 6.07) is 18.1. The van der Waals surface area contributed by atoms with Gasteiger partial charge in [-0.2, -0.15) is 0 Å². The van der Waals surface area contributed by atoms with E-state index in [-0.39, 0.29) is 17.6 Å². The monoisotopic (exact) mass is 545 g/mol. The fraction of sp³-hybridized carbons (Fsp3) is 0.0870. The highest BCUT2D eigenvalue weighted by Gasteiger charge is 2.11. The Bertz CT molecular complexity index is 1310. The minimum Gasteiger partial charge on any atom is -0.325 e. The van der Waals surface area contributed by atoms with Crippen molar-refractivity contribution in [1.29, 1.82) is 0 Å². The maximum Gasteiger partial charge on any atom is 0.255 e. The SMILES string of the molecule is Cc1ccc(Cl)cc1NC(=O)CSc1nc2ccc(NC(=O)c3ccc(Br)cc3)cc2s1. The Labute approximate surface area is 206 Å². The van der Waals surface area contributed by atoms with E-state index in [4.69, 9.17) is 11.6 Å². The largest absolute Gasteiger partial charge is 0.325 e. The molecule has 32 heavy (non-hydrogen) atoms. The zero-order valence-corrected chi connectivity index (χ0v) is 20.8. The first-order valence-electron chi connectivity index (χ1n) is 9.54. The average Bonchev–Trinajstić information content (AvgIpc) is 3.17. The van der Waals surface area contributed by atoms with E-state index >= 15 is 0 Å². The third-order valence-electron chi connectivity index (χ3n) is 4.53. The molecule has 0 aliphatic heterocycles. The van der Waals surface area contributed by atoms with Crippen LogP contribution in [0.25, 0.3) is 10.2 Å². The van der Waals surface area contributed by atoms with Crippen molar-refractivity contribution < 1.29 is 9.59 Å². The van der Waals surface area contributed by atoms with Crippen molar-refractivity contribution >= 4 is 84.0 Å². The number of aromatic nitrogens is 1. The van der Waals surface area contributed by atoms with Gasteiger partial charge in [-0.25, -0.2) is 4.98 Å². The van der Waals surface area contributed by atoms with Crippen LogP contribution in [-0.4, -0.2) is 22.6 Å². The van der Waals surface area contributed by atoms with Gasteiger partial charge in [0.2, 0.25) is 5.91 Å². The lowest BCUT2D eigenvalue weighted by atomic mass is 10.2. The van der Waals surface area contributed by atoms with Crippen LogP contribution in [0.1, 0.15) is 15.9 Å². The Balaban J connectivity index is 1.39. The molecule has 0 spiro atoms. The molecule has 2 N–H and O–H groups in total. The Morgan fingerprint density at radius 2 is 1.84 bits per heavy atom. The number of benzene rings is 3. The molecule has 4 aromatic rings. The van der Waals surface area contributed by atoms with E-state index in [0.717, 1.165) is 24.6 Å². The van der Waals surface area contributed by atoms with E-state index < -0.39 is 0 Å². The number of carbonyl (C=O) groups is 2. The first kappa shape index (κ1) is 22.8. The first-order valence-corrected chi connectivity index (χ1v) is 12.5. The number of rotatable bonds is 6. The summed E-state index contributed by atoms with van der Waals surface area (Å²) in [4.78, 5) is 29.4. The highest BCUT2D eigenvalue weighted by molar-refractivity contribution is 9.10. The van der Waals surface area contributed by atoms with Gasteiger partial charge in [-0.05, 0) is 67.1 Å². The number of hydrogen-bond donors (Lipinski definition) is 2. The van der Waals surface area contributed by atoms with Crippen molar-refractivity contribution in [2.24, 2.45) is 0 Å². The van der Waals surface area contributed by atoms with Crippen molar-refractivity contribution in [3.63, 3.8) is 0 Å². The normalized spacial score (nSPS) is 10.8. The Morgan fingerprint density at radius 1 is 1.06 bits per heavy atom. The van der Waals surface area contributed by atoms with E-state index in [0.29, 0.717) is 22.0 Å². The van der Waals surface area contributed by atoms with Gasteiger partial charge in [0.15, 0.2) is 4.34 Å². The number of nitrogens with zero attached hydrogens (tertiary/aromatic N) is 1. The van der Waals surface area contributed by atoms with Crippen molar-refractivity contribution in [1.82, 2.24) is 4.98 Å². The second-order valence-corrected chi connectivity index (χ2v) is 10.5. The van der Waals surface area contributed by atoms with Gasteiger partial charge in [0, 0.05) is 26.4 Å². The van der Waals surface area contributed by atoms with Crippen molar-refractivity contribution in [2.75, 3.05) is 16.4 Å². The number of thiazole rings is 1. The number of amides is 2. The minimum absolute atomic E-state index is 0.123. The van der Waals surface area contributed by atoms with E-state index in [1.165, 1.54) is 23.1 Å². The molecule has 0 bridgehead atoms. The quantitative estimate of drug-likeness (QED) is 0.255. The predicted molar refractivity (Wildman–Crippen MR) is 137 cm³/mol. The molecule has 0 atom stereocenters. The third-order valence-corrected chi connectivity index (χ3v) is 7.46. The molecule has 1 heterocycles. The number of fused-ring (bicyclic) bond motifs is 1. The number of carbonyl (C=O) groups excluding carboxylic acids is 2. The molecule has 1 aromatic heterocycles. The van der Waals surface area contributed by atoms with E-state index in [1.54, 1.807) is 24.3 Å². The van der Waals surface area contributed by atoms with Gasteiger partial charge in [0.05, 0.1) is 16.0 Å². The summed E-state index contributed by atoms with van der Waals surface area (Å²) in [5, 5.41) is 6.37. The molecule has 0 radical (unpaired) electrons. The van der Waals surface area contributed by atoms with Crippen molar-refractivity contribution in [2.45, 2.75) is 11.3 Å². The molecule has 2 amide bonds. The van der Waals surface area contributed by atoms with Crippen LogP contribution < -0.4 is 10.6 Å². The summed E-state index contributed by atoms with van der Waals surface area (Å²) in [7, 11) is 0. The average molecular weight is 547 g/mol. The van der Waals surface area contributed by atoms with Crippen LogP contribution in [-0.2, 0) is 4.79 Å². The predicted octanol–water partition coefficient (Wildman–Crippen LogP) is 7.00. The third kappa shape index (κ3) is 5.69. The van der Waals surface area contributed by atoms with Gasteiger partial charge in [0.1, 0.15) is 0 Å². The summed E-state index contributed by atoms with van der Waals surface area (Å²) >= 11 is 12.2. The van der Waals surface area contributed by atoms with Gasteiger partial charge >= 0.3 is 0 Å². The van der Waals surface area contributed by atoms with Gasteiger partial charge in [0.25, 0.3) is 5.91 Å². The second-order valence-electron chi connectivity index (χ2n) is 6.92.